The predicted octanol–water partition coefficient (Wildman–Crippen LogP) is 0.903. The molecule has 2 N–H and O–H groups in total. The molecule has 0 unspecified atom stereocenters. The molecule has 15 heavy (non-hydrogen) atoms. The monoisotopic (exact) mass is 214 g/mol. The van der Waals surface area contributed by atoms with E-state index in [-0.39, 0.29) is 17.9 Å². The molecule has 0 atom stereocenters. The molecule has 0 aromatic rings. The van der Waals surface area contributed by atoms with Crippen molar-refractivity contribution in [3.05, 3.63) is 0 Å². The Balaban J connectivity index is 2.40. The number of urea groups is 1. The molecule has 5 nitrogen and oxygen atoms in total. The Morgan fingerprint density at radius 1 is 1.40 bits per heavy atom. The highest BCUT2D eigenvalue weighted by Gasteiger charge is 2.39. The molecule has 1 saturated carbocycles. The summed E-state index contributed by atoms with van der Waals surface area (Å²) in [6, 6.07) is -0.160. The Kier molecular flexibility index (Phi) is 3.55. The normalized spacial score (nSPS) is 17.7. The summed E-state index contributed by atoms with van der Waals surface area (Å²) in [4.78, 5) is 23.4. The van der Waals surface area contributed by atoms with Gasteiger partial charge in [-0.15, -0.1) is 0 Å². The number of carbonyl (C=O) groups excluding carboxylic acids is 1. The van der Waals surface area contributed by atoms with E-state index in [4.69, 9.17) is 5.11 Å². The van der Waals surface area contributed by atoms with Crippen molar-refractivity contribution < 1.29 is 14.7 Å². The van der Waals surface area contributed by atoms with Gasteiger partial charge in [0.2, 0.25) is 0 Å². The number of rotatable bonds is 4. The molecular formula is C10H18N2O3. The Hall–Kier alpha value is -1.26. The molecular weight excluding hydrogens is 196 g/mol. The van der Waals surface area contributed by atoms with Crippen molar-refractivity contribution in [3.8, 4) is 0 Å². The molecule has 0 radical (unpaired) electrons. The molecule has 1 fully saturated rings. The molecule has 0 heterocycles. The van der Waals surface area contributed by atoms with Crippen LogP contribution in [0.5, 0.6) is 0 Å². The maximum Gasteiger partial charge on any atom is 0.316 e. The summed E-state index contributed by atoms with van der Waals surface area (Å²) in [7, 11) is 3.33. The lowest BCUT2D eigenvalue weighted by Gasteiger charge is -2.41. The highest BCUT2D eigenvalue weighted by atomic mass is 16.4. The Morgan fingerprint density at radius 2 is 2.00 bits per heavy atom. The number of hydrogen-bond acceptors (Lipinski definition) is 2. The number of nitrogens with zero attached hydrogens (tertiary/aromatic N) is 1. The van der Waals surface area contributed by atoms with Gasteiger partial charge in [-0.3, -0.25) is 4.79 Å². The van der Waals surface area contributed by atoms with Crippen molar-refractivity contribution in [3.63, 3.8) is 0 Å². The van der Waals surface area contributed by atoms with Crippen molar-refractivity contribution in [1.29, 1.82) is 0 Å². The van der Waals surface area contributed by atoms with Crippen LogP contribution in [-0.4, -0.2) is 42.6 Å². The van der Waals surface area contributed by atoms with Crippen LogP contribution in [0.25, 0.3) is 0 Å². The zero-order valence-corrected chi connectivity index (χ0v) is 9.25. The summed E-state index contributed by atoms with van der Waals surface area (Å²) in [6.07, 6.45) is 3.01. The van der Waals surface area contributed by atoms with Crippen LogP contribution in [0.4, 0.5) is 4.79 Å². The lowest BCUT2D eigenvalue weighted by atomic mass is 9.66. The van der Waals surface area contributed by atoms with Crippen molar-refractivity contribution >= 4 is 12.0 Å². The fourth-order valence-corrected chi connectivity index (χ4v) is 1.83. The number of carbonyl (C=O) groups is 2. The molecule has 1 aliphatic carbocycles. The second-order valence-corrected chi connectivity index (χ2v) is 4.48. The minimum atomic E-state index is -0.784. The molecule has 0 spiro atoms. The van der Waals surface area contributed by atoms with Gasteiger partial charge < -0.3 is 15.3 Å². The van der Waals surface area contributed by atoms with Gasteiger partial charge in [0.05, 0.1) is 6.42 Å². The number of carboxylic acids is 1. The molecule has 0 aromatic heterocycles. The van der Waals surface area contributed by atoms with Crippen LogP contribution in [0.1, 0.15) is 25.7 Å². The Morgan fingerprint density at radius 3 is 2.33 bits per heavy atom. The summed E-state index contributed by atoms with van der Waals surface area (Å²) in [6.45, 7) is 0.469. The highest BCUT2D eigenvalue weighted by Crippen LogP contribution is 2.43. The van der Waals surface area contributed by atoms with E-state index in [1.165, 1.54) is 4.90 Å². The summed E-state index contributed by atoms with van der Waals surface area (Å²) in [5, 5.41) is 11.5. The van der Waals surface area contributed by atoms with E-state index in [9.17, 15) is 9.59 Å². The smallest absolute Gasteiger partial charge is 0.316 e. The van der Waals surface area contributed by atoms with Crippen LogP contribution in [-0.2, 0) is 4.79 Å². The SMILES string of the molecule is CN(C)C(=O)NCC1(CC(=O)O)CCC1. The van der Waals surface area contributed by atoms with E-state index in [1.54, 1.807) is 14.1 Å². The topological polar surface area (TPSA) is 69.6 Å². The molecule has 1 aliphatic rings. The standard InChI is InChI=1S/C10H18N2O3/c1-12(2)9(15)11-7-10(4-3-5-10)6-8(13)14/h3-7H2,1-2H3,(H,11,15)(H,13,14). The largest absolute Gasteiger partial charge is 0.481 e. The van der Waals surface area contributed by atoms with Crippen LogP contribution in [0.15, 0.2) is 0 Å². The molecule has 2 amide bonds. The minimum absolute atomic E-state index is 0.153. The second kappa shape index (κ2) is 4.51. The molecule has 0 aliphatic heterocycles. The van der Waals surface area contributed by atoms with Gasteiger partial charge in [-0.25, -0.2) is 4.79 Å². The minimum Gasteiger partial charge on any atom is -0.481 e. The number of hydrogen-bond donors (Lipinski definition) is 2. The van der Waals surface area contributed by atoms with Gasteiger partial charge in [-0.05, 0) is 18.3 Å². The number of aliphatic carboxylic acids is 1. The lowest BCUT2D eigenvalue weighted by Crippen LogP contribution is -2.46. The van der Waals surface area contributed by atoms with E-state index in [0.717, 1.165) is 19.3 Å². The van der Waals surface area contributed by atoms with Gasteiger partial charge >= 0.3 is 12.0 Å². The summed E-state index contributed by atoms with van der Waals surface area (Å²) >= 11 is 0. The first-order valence-electron chi connectivity index (χ1n) is 5.12. The number of amides is 2. The van der Waals surface area contributed by atoms with Crippen LogP contribution in [0.3, 0.4) is 0 Å². The van der Waals surface area contributed by atoms with E-state index < -0.39 is 5.97 Å². The molecule has 86 valence electrons. The molecule has 0 bridgehead atoms. The lowest BCUT2D eigenvalue weighted by molar-refractivity contribution is -0.141. The highest BCUT2D eigenvalue weighted by molar-refractivity contribution is 5.73. The van der Waals surface area contributed by atoms with Gasteiger partial charge in [0.25, 0.3) is 0 Å². The first kappa shape index (κ1) is 11.8. The molecule has 0 saturated heterocycles. The van der Waals surface area contributed by atoms with E-state index in [2.05, 4.69) is 5.32 Å². The second-order valence-electron chi connectivity index (χ2n) is 4.48. The van der Waals surface area contributed by atoms with Crippen molar-refractivity contribution in [2.24, 2.45) is 5.41 Å². The van der Waals surface area contributed by atoms with Crippen LogP contribution in [0.2, 0.25) is 0 Å². The van der Waals surface area contributed by atoms with Gasteiger partial charge in [-0.1, -0.05) is 6.42 Å². The van der Waals surface area contributed by atoms with Gasteiger partial charge in [-0.2, -0.15) is 0 Å². The fourth-order valence-electron chi connectivity index (χ4n) is 1.83. The quantitative estimate of drug-likeness (QED) is 0.730. The zero-order valence-electron chi connectivity index (χ0n) is 9.25. The van der Waals surface area contributed by atoms with Crippen molar-refractivity contribution in [2.75, 3.05) is 20.6 Å². The summed E-state index contributed by atoms with van der Waals surface area (Å²) in [5.41, 5.74) is -0.197. The van der Waals surface area contributed by atoms with E-state index >= 15 is 0 Å². The Labute approximate surface area is 89.4 Å². The van der Waals surface area contributed by atoms with E-state index in [1.807, 2.05) is 0 Å². The number of nitrogens with one attached hydrogen (secondary N) is 1. The first-order chi connectivity index (χ1) is 6.95. The third-order valence-electron chi connectivity index (χ3n) is 2.96. The van der Waals surface area contributed by atoms with Crippen molar-refractivity contribution in [2.45, 2.75) is 25.7 Å². The van der Waals surface area contributed by atoms with Gasteiger partial charge in [0, 0.05) is 20.6 Å². The maximum atomic E-state index is 11.3. The summed E-state index contributed by atoms with van der Waals surface area (Å²) in [5.74, 6) is -0.784. The predicted molar refractivity (Wildman–Crippen MR) is 55.6 cm³/mol. The average molecular weight is 214 g/mol. The Bertz CT molecular complexity index is 259. The third kappa shape index (κ3) is 3.11. The first-order valence-corrected chi connectivity index (χ1v) is 5.12. The van der Waals surface area contributed by atoms with Crippen LogP contribution < -0.4 is 5.32 Å². The fraction of sp³-hybridized carbons (Fsp3) is 0.800. The third-order valence-corrected chi connectivity index (χ3v) is 2.96. The van der Waals surface area contributed by atoms with Crippen LogP contribution >= 0.6 is 0 Å². The average Bonchev–Trinajstić information content (AvgIpc) is 2.08. The van der Waals surface area contributed by atoms with Crippen molar-refractivity contribution in [1.82, 2.24) is 10.2 Å². The zero-order chi connectivity index (χ0) is 11.5. The molecule has 0 aromatic carbocycles. The molecule has 5 heteroatoms. The van der Waals surface area contributed by atoms with Crippen LogP contribution in [0, 0.1) is 5.41 Å². The maximum absolute atomic E-state index is 11.3. The van der Waals surface area contributed by atoms with E-state index in [0.29, 0.717) is 6.54 Å². The summed E-state index contributed by atoms with van der Waals surface area (Å²) < 4.78 is 0. The van der Waals surface area contributed by atoms with Gasteiger partial charge in [0.1, 0.15) is 0 Å². The molecule has 1 rings (SSSR count). The number of carboxylic acid groups (broad SMARTS) is 1. The van der Waals surface area contributed by atoms with Gasteiger partial charge in [0.15, 0.2) is 0 Å².